The highest BCUT2D eigenvalue weighted by molar-refractivity contribution is 5.87. The first kappa shape index (κ1) is 22.5. The molecule has 0 spiro atoms. The predicted octanol–water partition coefficient (Wildman–Crippen LogP) is -6.15. The Balaban J connectivity index is 2.31. The second-order valence-corrected chi connectivity index (χ2v) is 6.60. The number of ketones is 1. The van der Waals surface area contributed by atoms with Gasteiger partial charge in [-0.3, -0.25) is 10.5 Å². The van der Waals surface area contributed by atoms with Crippen molar-refractivity contribution >= 4 is 5.78 Å². The van der Waals surface area contributed by atoms with Crippen molar-refractivity contribution in [2.45, 2.75) is 67.5 Å². The summed E-state index contributed by atoms with van der Waals surface area (Å²) in [5.41, 5.74) is 2.31. The van der Waals surface area contributed by atoms with Gasteiger partial charge in [-0.05, 0) is 6.92 Å². The number of carbonyl (C=O) groups is 1. The van der Waals surface area contributed by atoms with Gasteiger partial charge < -0.3 is 55.1 Å². The van der Waals surface area contributed by atoms with Crippen molar-refractivity contribution in [1.82, 2.24) is 0 Å². The first-order valence-corrected chi connectivity index (χ1v) is 8.09. The highest BCUT2D eigenvalue weighted by Crippen LogP contribution is 2.37. The lowest BCUT2D eigenvalue weighted by Gasteiger charge is -2.52. The summed E-state index contributed by atoms with van der Waals surface area (Å²) in [7, 11) is 0. The number of Topliss-reactive ketones (excluding diaryl/α,β-unsaturated/α-hetero) is 1. The Hall–Kier alpha value is -0.810. The fourth-order valence-corrected chi connectivity index (χ4v) is 3.14. The topological polar surface area (TPSA) is 233 Å². The van der Waals surface area contributed by atoms with Crippen LogP contribution < -0.4 is 5.73 Å². The van der Waals surface area contributed by atoms with Crippen molar-refractivity contribution in [3.05, 3.63) is 0 Å². The van der Waals surface area contributed by atoms with E-state index in [4.69, 9.17) is 19.9 Å². The number of carbonyl (C=O) groups excluding carboxylic acids is 1. The highest BCUT2D eigenvalue weighted by Gasteiger charge is 2.66. The summed E-state index contributed by atoms with van der Waals surface area (Å²) < 4.78 is 15.3. The maximum atomic E-state index is 11.8. The lowest BCUT2D eigenvalue weighted by Crippen LogP contribution is -2.79. The molecule has 2 aliphatic heterocycles. The van der Waals surface area contributed by atoms with E-state index in [9.17, 15) is 45.6 Å². The van der Waals surface area contributed by atoms with Crippen LogP contribution in [0.4, 0.5) is 0 Å². The fraction of sp³-hybridized carbons (Fsp3) is 0.929. The summed E-state index contributed by atoms with van der Waals surface area (Å²) in [6.07, 6.45) is -14.0. The van der Waals surface area contributed by atoms with E-state index in [0.29, 0.717) is 0 Å². The Morgan fingerprint density at radius 2 is 1.59 bits per heavy atom. The minimum absolute atomic E-state index is 0.752. The van der Waals surface area contributed by atoms with E-state index in [0.717, 1.165) is 6.92 Å². The number of hydrogen-bond acceptors (Lipinski definition) is 13. The minimum Gasteiger partial charge on any atom is -0.394 e. The number of hydrogen-bond donors (Lipinski definition) is 9. The van der Waals surface area contributed by atoms with Gasteiger partial charge in [-0.25, -0.2) is 0 Å². The number of ether oxygens (including phenoxy) is 3. The molecule has 2 heterocycles. The average molecular weight is 399 g/mol. The standard InChI is InChI=1S/C14H25NO12/c1-4(18)13(23)11(22)10(6(3-17)27-14(13,15)24)26-12-9(21)8(20)7(19)5(2-16)25-12/h5-12,16-17,19-24H,2-3,15H2,1H3/t5-,6-,7+,8+,9-,10-,11+,12+,13-,14?/m1/s1. The molecule has 0 amide bonds. The van der Waals surface area contributed by atoms with Crippen molar-refractivity contribution in [2.75, 3.05) is 13.2 Å². The summed E-state index contributed by atoms with van der Waals surface area (Å²) in [5.74, 6) is -4.25. The number of rotatable bonds is 5. The van der Waals surface area contributed by atoms with E-state index in [2.05, 4.69) is 0 Å². The molecule has 0 radical (unpaired) electrons. The van der Waals surface area contributed by atoms with Gasteiger partial charge >= 0.3 is 0 Å². The van der Waals surface area contributed by atoms with Gasteiger partial charge in [-0.2, -0.15) is 0 Å². The van der Waals surface area contributed by atoms with E-state index in [1.54, 1.807) is 0 Å². The molecule has 0 saturated carbocycles. The third-order valence-corrected chi connectivity index (χ3v) is 4.84. The van der Waals surface area contributed by atoms with Crippen LogP contribution >= 0.6 is 0 Å². The third-order valence-electron chi connectivity index (χ3n) is 4.84. The van der Waals surface area contributed by atoms with Crippen LogP contribution in [0.5, 0.6) is 0 Å². The van der Waals surface area contributed by atoms with E-state index < -0.39 is 79.5 Å². The Morgan fingerprint density at radius 1 is 1.04 bits per heavy atom. The van der Waals surface area contributed by atoms with Gasteiger partial charge in [0.1, 0.15) is 42.7 Å². The second kappa shape index (κ2) is 7.90. The molecule has 1 unspecified atom stereocenters. The first-order valence-electron chi connectivity index (χ1n) is 8.09. The summed E-state index contributed by atoms with van der Waals surface area (Å²) in [5, 5.41) is 79.0. The van der Waals surface area contributed by atoms with E-state index >= 15 is 0 Å². The third kappa shape index (κ3) is 3.62. The van der Waals surface area contributed by atoms with Crippen LogP contribution in [0.25, 0.3) is 0 Å². The molecule has 0 aromatic rings. The van der Waals surface area contributed by atoms with Gasteiger partial charge in [0.05, 0.1) is 13.2 Å². The highest BCUT2D eigenvalue weighted by atomic mass is 16.7. The Labute approximate surface area is 153 Å². The minimum atomic E-state index is -3.07. The molecule has 2 fully saturated rings. The molecule has 27 heavy (non-hydrogen) atoms. The zero-order valence-corrected chi connectivity index (χ0v) is 14.3. The van der Waals surface area contributed by atoms with Crippen molar-refractivity contribution < 1.29 is 59.9 Å². The van der Waals surface area contributed by atoms with Crippen LogP contribution in [-0.4, -0.2) is 120 Å². The lowest BCUT2D eigenvalue weighted by atomic mass is 9.81. The summed E-state index contributed by atoms with van der Waals surface area (Å²) in [6, 6.07) is 0. The molecule has 13 heteroatoms. The summed E-state index contributed by atoms with van der Waals surface area (Å²) >= 11 is 0. The van der Waals surface area contributed by atoms with Crippen molar-refractivity contribution in [2.24, 2.45) is 5.73 Å². The fourth-order valence-electron chi connectivity index (χ4n) is 3.14. The molecule has 0 aromatic heterocycles. The van der Waals surface area contributed by atoms with Crippen LogP contribution in [-0.2, 0) is 19.0 Å². The second-order valence-electron chi connectivity index (χ2n) is 6.60. The van der Waals surface area contributed by atoms with Gasteiger partial charge in [-0.1, -0.05) is 0 Å². The molecule has 0 aromatic carbocycles. The van der Waals surface area contributed by atoms with Crippen molar-refractivity contribution in [3.8, 4) is 0 Å². The molecule has 2 saturated heterocycles. The van der Waals surface area contributed by atoms with Gasteiger partial charge in [0, 0.05) is 0 Å². The Morgan fingerprint density at radius 3 is 2.07 bits per heavy atom. The molecule has 158 valence electrons. The summed E-state index contributed by atoms with van der Waals surface area (Å²) in [6.45, 7) is -0.834. The zero-order chi connectivity index (χ0) is 20.7. The summed E-state index contributed by atoms with van der Waals surface area (Å²) in [4.78, 5) is 11.8. The molecule has 2 aliphatic rings. The van der Waals surface area contributed by atoms with E-state index in [-0.39, 0.29) is 0 Å². The van der Waals surface area contributed by atoms with Crippen LogP contribution in [0.3, 0.4) is 0 Å². The number of nitrogens with two attached hydrogens (primary N) is 1. The maximum Gasteiger partial charge on any atom is 0.263 e. The van der Waals surface area contributed by atoms with Gasteiger partial charge in [-0.15, -0.1) is 0 Å². The molecular weight excluding hydrogens is 374 g/mol. The average Bonchev–Trinajstić information content (AvgIpc) is 2.61. The van der Waals surface area contributed by atoms with Gasteiger partial charge in [0.25, 0.3) is 5.91 Å². The molecule has 10 atom stereocenters. The SMILES string of the molecule is CC(=O)[C@@]1(O)[C@@H](O)[C@H](O[C@@H]2O[C@H](CO)[C@H](O)[C@H](O)[C@H]2O)[C@@H](CO)OC1(N)O. The van der Waals surface area contributed by atoms with E-state index in [1.165, 1.54) is 0 Å². The molecular formula is C14H25NO12. The van der Waals surface area contributed by atoms with Crippen LogP contribution in [0, 0.1) is 0 Å². The van der Waals surface area contributed by atoms with Crippen LogP contribution in [0.15, 0.2) is 0 Å². The molecule has 0 bridgehead atoms. The smallest absolute Gasteiger partial charge is 0.263 e. The Kier molecular flexibility index (Phi) is 6.58. The van der Waals surface area contributed by atoms with Crippen LogP contribution in [0.1, 0.15) is 6.92 Å². The first-order chi connectivity index (χ1) is 12.4. The predicted molar refractivity (Wildman–Crippen MR) is 81.4 cm³/mol. The Bertz CT molecular complexity index is 544. The largest absolute Gasteiger partial charge is 0.394 e. The molecule has 13 nitrogen and oxygen atoms in total. The number of aliphatic hydroxyl groups is 8. The quantitative estimate of drug-likeness (QED) is 0.196. The normalized spacial score (nSPS) is 51.2. The number of aliphatic hydroxyl groups excluding tert-OH is 6. The van der Waals surface area contributed by atoms with E-state index in [1.807, 2.05) is 0 Å². The monoisotopic (exact) mass is 399 g/mol. The van der Waals surface area contributed by atoms with Crippen LogP contribution in [0.2, 0.25) is 0 Å². The van der Waals surface area contributed by atoms with Gasteiger partial charge in [0.2, 0.25) is 5.60 Å². The molecule has 10 N–H and O–H groups in total. The lowest BCUT2D eigenvalue weighted by molar-refractivity contribution is -0.399. The zero-order valence-electron chi connectivity index (χ0n) is 14.3. The van der Waals surface area contributed by atoms with Gasteiger partial charge in [0.15, 0.2) is 12.1 Å². The molecule has 2 rings (SSSR count). The maximum absolute atomic E-state index is 11.8. The van der Waals surface area contributed by atoms with Crippen molar-refractivity contribution in [1.29, 1.82) is 0 Å². The molecule has 0 aliphatic carbocycles. The van der Waals surface area contributed by atoms with Crippen molar-refractivity contribution in [3.63, 3.8) is 0 Å².